The molecular weight excluding hydrogens is 176 g/mol. The van der Waals surface area contributed by atoms with Crippen molar-refractivity contribution in [2.45, 2.75) is 25.8 Å². The maximum atomic E-state index is 4.05. The van der Waals surface area contributed by atoms with E-state index in [0.717, 1.165) is 37.3 Å². The van der Waals surface area contributed by atoms with E-state index in [-0.39, 0.29) is 0 Å². The molecule has 14 heavy (non-hydrogen) atoms. The van der Waals surface area contributed by atoms with Crippen LogP contribution in [0.5, 0.6) is 0 Å². The van der Waals surface area contributed by atoms with Gasteiger partial charge < -0.3 is 10.6 Å². The van der Waals surface area contributed by atoms with Crippen LogP contribution >= 0.6 is 0 Å². The van der Waals surface area contributed by atoms with Crippen molar-refractivity contribution in [3.63, 3.8) is 0 Å². The Morgan fingerprint density at radius 1 is 1.43 bits per heavy atom. The highest BCUT2D eigenvalue weighted by Gasteiger charge is 2.12. The molecule has 1 aromatic heterocycles. The first-order chi connectivity index (χ1) is 6.84. The first-order valence-electron chi connectivity index (χ1n) is 5.11. The Labute approximate surface area is 84.1 Å². The van der Waals surface area contributed by atoms with Gasteiger partial charge in [-0.15, -0.1) is 5.10 Å². The van der Waals surface area contributed by atoms with Gasteiger partial charge in [0.2, 0.25) is 0 Å². The Bertz CT molecular complexity index is 294. The van der Waals surface area contributed by atoms with E-state index in [1.165, 1.54) is 0 Å². The third-order valence-electron chi connectivity index (χ3n) is 2.48. The van der Waals surface area contributed by atoms with Crippen LogP contribution in [0.15, 0.2) is 12.3 Å². The normalized spacial score (nSPS) is 18.1. The SMILES string of the molecule is Cc1cnnc(NC2CCNCC2)c1. The van der Waals surface area contributed by atoms with Crippen molar-refractivity contribution < 1.29 is 0 Å². The summed E-state index contributed by atoms with van der Waals surface area (Å²) in [5.41, 5.74) is 1.15. The van der Waals surface area contributed by atoms with Crippen LogP contribution in [-0.2, 0) is 0 Å². The van der Waals surface area contributed by atoms with Gasteiger partial charge in [-0.05, 0) is 44.5 Å². The molecule has 1 aliphatic rings. The summed E-state index contributed by atoms with van der Waals surface area (Å²) in [4.78, 5) is 0. The molecule has 2 N–H and O–H groups in total. The largest absolute Gasteiger partial charge is 0.366 e. The molecule has 0 atom stereocenters. The molecule has 0 spiro atoms. The van der Waals surface area contributed by atoms with Gasteiger partial charge in [0.1, 0.15) is 5.82 Å². The topological polar surface area (TPSA) is 49.8 Å². The monoisotopic (exact) mass is 192 g/mol. The van der Waals surface area contributed by atoms with Crippen molar-refractivity contribution in [1.82, 2.24) is 15.5 Å². The summed E-state index contributed by atoms with van der Waals surface area (Å²) in [6.07, 6.45) is 4.10. The lowest BCUT2D eigenvalue weighted by atomic mass is 10.1. The number of piperidine rings is 1. The summed E-state index contributed by atoms with van der Waals surface area (Å²) in [5.74, 6) is 0.900. The molecule has 1 aliphatic heterocycles. The molecule has 0 aromatic carbocycles. The molecule has 4 heteroatoms. The number of rotatable bonds is 2. The summed E-state index contributed by atoms with van der Waals surface area (Å²) in [5, 5.41) is 14.7. The van der Waals surface area contributed by atoms with Crippen LogP contribution < -0.4 is 10.6 Å². The minimum Gasteiger partial charge on any atom is -0.366 e. The molecule has 0 unspecified atom stereocenters. The lowest BCUT2D eigenvalue weighted by molar-refractivity contribution is 0.478. The van der Waals surface area contributed by atoms with Crippen molar-refractivity contribution >= 4 is 5.82 Å². The molecular formula is C10H16N4. The first kappa shape index (κ1) is 9.40. The van der Waals surface area contributed by atoms with Crippen LogP contribution in [0.3, 0.4) is 0 Å². The van der Waals surface area contributed by atoms with Gasteiger partial charge in [0.15, 0.2) is 0 Å². The fraction of sp³-hybridized carbons (Fsp3) is 0.600. The summed E-state index contributed by atoms with van der Waals surface area (Å²) in [6, 6.07) is 2.59. The van der Waals surface area contributed by atoms with Gasteiger partial charge in [0.05, 0.1) is 6.20 Å². The van der Waals surface area contributed by atoms with Gasteiger partial charge in [-0.3, -0.25) is 0 Å². The molecule has 0 bridgehead atoms. The van der Waals surface area contributed by atoms with E-state index in [1.54, 1.807) is 6.20 Å². The molecule has 4 nitrogen and oxygen atoms in total. The molecule has 2 heterocycles. The second-order valence-electron chi connectivity index (χ2n) is 3.79. The lowest BCUT2D eigenvalue weighted by Gasteiger charge is -2.23. The predicted octanol–water partition coefficient (Wildman–Crippen LogP) is 0.949. The summed E-state index contributed by atoms with van der Waals surface area (Å²) >= 11 is 0. The highest BCUT2D eigenvalue weighted by molar-refractivity contribution is 5.36. The molecule has 1 aromatic rings. The predicted molar refractivity (Wildman–Crippen MR) is 56.3 cm³/mol. The minimum atomic E-state index is 0.548. The fourth-order valence-electron chi connectivity index (χ4n) is 1.71. The van der Waals surface area contributed by atoms with E-state index in [2.05, 4.69) is 20.8 Å². The molecule has 0 saturated carbocycles. The molecule has 1 saturated heterocycles. The Kier molecular flexibility index (Phi) is 2.93. The van der Waals surface area contributed by atoms with Crippen molar-refractivity contribution in [2.75, 3.05) is 18.4 Å². The lowest BCUT2D eigenvalue weighted by Crippen LogP contribution is -2.35. The van der Waals surface area contributed by atoms with Crippen LogP contribution in [0.2, 0.25) is 0 Å². The fourth-order valence-corrected chi connectivity index (χ4v) is 1.71. The molecule has 76 valence electrons. The van der Waals surface area contributed by atoms with Gasteiger partial charge in [-0.25, -0.2) is 0 Å². The van der Waals surface area contributed by atoms with Crippen LogP contribution in [0.1, 0.15) is 18.4 Å². The van der Waals surface area contributed by atoms with Crippen LogP contribution in [0.4, 0.5) is 5.82 Å². The number of hydrogen-bond donors (Lipinski definition) is 2. The summed E-state index contributed by atoms with van der Waals surface area (Å²) < 4.78 is 0. The average Bonchev–Trinajstić information content (AvgIpc) is 2.19. The van der Waals surface area contributed by atoms with Gasteiger partial charge in [0, 0.05) is 6.04 Å². The highest BCUT2D eigenvalue weighted by Crippen LogP contribution is 2.10. The van der Waals surface area contributed by atoms with Crippen LogP contribution in [0, 0.1) is 6.92 Å². The number of aromatic nitrogens is 2. The van der Waals surface area contributed by atoms with Crippen molar-refractivity contribution in [1.29, 1.82) is 0 Å². The van der Waals surface area contributed by atoms with E-state index in [4.69, 9.17) is 0 Å². The zero-order valence-corrected chi connectivity index (χ0v) is 8.45. The van der Waals surface area contributed by atoms with E-state index >= 15 is 0 Å². The first-order valence-corrected chi connectivity index (χ1v) is 5.11. The van der Waals surface area contributed by atoms with Crippen molar-refractivity contribution in [3.05, 3.63) is 17.8 Å². The summed E-state index contributed by atoms with van der Waals surface area (Å²) in [6.45, 7) is 4.22. The van der Waals surface area contributed by atoms with E-state index in [9.17, 15) is 0 Å². The van der Waals surface area contributed by atoms with Crippen LogP contribution in [0.25, 0.3) is 0 Å². The molecule has 1 fully saturated rings. The van der Waals surface area contributed by atoms with E-state index < -0.39 is 0 Å². The number of anilines is 1. The highest BCUT2D eigenvalue weighted by atomic mass is 15.2. The zero-order chi connectivity index (χ0) is 9.80. The van der Waals surface area contributed by atoms with E-state index in [1.807, 2.05) is 13.0 Å². The molecule has 0 amide bonds. The maximum Gasteiger partial charge on any atom is 0.149 e. The number of aryl methyl sites for hydroxylation is 1. The van der Waals surface area contributed by atoms with Crippen molar-refractivity contribution in [3.8, 4) is 0 Å². The third kappa shape index (κ3) is 2.42. The quantitative estimate of drug-likeness (QED) is 0.732. The number of nitrogens with zero attached hydrogens (tertiary/aromatic N) is 2. The molecule has 0 aliphatic carbocycles. The van der Waals surface area contributed by atoms with Gasteiger partial charge in [-0.2, -0.15) is 5.10 Å². The Balaban J connectivity index is 1.95. The number of nitrogens with one attached hydrogen (secondary N) is 2. The van der Waals surface area contributed by atoms with Gasteiger partial charge in [-0.1, -0.05) is 0 Å². The second-order valence-corrected chi connectivity index (χ2v) is 3.79. The minimum absolute atomic E-state index is 0.548. The number of hydrogen-bond acceptors (Lipinski definition) is 4. The average molecular weight is 192 g/mol. The maximum absolute atomic E-state index is 4.05. The third-order valence-corrected chi connectivity index (χ3v) is 2.48. The smallest absolute Gasteiger partial charge is 0.149 e. The Morgan fingerprint density at radius 3 is 2.93 bits per heavy atom. The zero-order valence-electron chi connectivity index (χ0n) is 8.45. The van der Waals surface area contributed by atoms with Gasteiger partial charge in [0.25, 0.3) is 0 Å². The van der Waals surface area contributed by atoms with Crippen LogP contribution in [-0.4, -0.2) is 29.3 Å². The second kappa shape index (κ2) is 4.37. The van der Waals surface area contributed by atoms with E-state index in [0.29, 0.717) is 6.04 Å². The van der Waals surface area contributed by atoms with Gasteiger partial charge >= 0.3 is 0 Å². The molecule has 0 radical (unpaired) electrons. The van der Waals surface area contributed by atoms with Crippen molar-refractivity contribution in [2.24, 2.45) is 0 Å². The Hall–Kier alpha value is -1.16. The standard InChI is InChI=1S/C10H16N4/c1-8-6-10(14-12-7-8)13-9-2-4-11-5-3-9/h6-7,9,11H,2-5H2,1H3,(H,13,14). The summed E-state index contributed by atoms with van der Waals surface area (Å²) in [7, 11) is 0. The molecule has 2 rings (SSSR count). The Morgan fingerprint density at radius 2 is 2.21 bits per heavy atom.